The van der Waals surface area contributed by atoms with Crippen molar-refractivity contribution in [3.05, 3.63) is 58.6 Å². The lowest BCUT2D eigenvalue weighted by atomic mass is 10.2. The fourth-order valence-corrected chi connectivity index (χ4v) is 2.68. The van der Waals surface area contributed by atoms with Crippen molar-refractivity contribution in [3.8, 4) is 23.0 Å². The van der Waals surface area contributed by atoms with Crippen LogP contribution in [0.5, 0.6) is 5.88 Å². The summed E-state index contributed by atoms with van der Waals surface area (Å²) in [5, 5.41) is 5.76. The first-order valence-corrected chi connectivity index (χ1v) is 9.17. The molecule has 1 amide bonds. The number of hydrogen-bond acceptors (Lipinski definition) is 6. The van der Waals surface area contributed by atoms with Gasteiger partial charge in [0.15, 0.2) is 5.82 Å². The second-order valence-electron chi connectivity index (χ2n) is 6.48. The zero-order chi connectivity index (χ0) is 20.8. The van der Waals surface area contributed by atoms with Gasteiger partial charge in [-0.3, -0.25) is 14.7 Å². The summed E-state index contributed by atoms with van der Waals surface area (Å²) in [6.45, 7) is 4.71. The summed E-state index contributed by atoms with van der Waals surface area (Å²) in [6, 6.07) is 8.20. The molecule has 0 aliphatic heterocycles. The van der Waals surface area contributed by atoms with Crippen molar-refractivity contribution in [1.29, 1.82) is 0 Å². The number of methoxy groups -OCH3 is 1. The molecule has 3 rings (SSSR count). The summed E-state index contributed by atoms with van der Waals surface area (Å²) in [5.74, 6) is 0.516. The number of nitrogens with zero attached hydrogens (tertiary/aromatic N) is 3. The molecule has 0 fully saturated rings. The largest absolute Gasteiger partial charge is 0.481 e. The fraction of sp³-hybridized carbons (Fsp3) is 0.300. The zero-order valence-corrected chi connectivity index (χ0v) is 16.5. The molecule has 29 heavy (non-hydrogen) atoms. The van der Waals surface area contributed by atoms with E-state index < -0.39 is 0 Å². The summed E-state index contributed by atoms with van der Waals surface area (Å²) in [7, 11) is 1.52. The first-order valence-electron chi connectivity index (χ1n) is 9.17. The van der Waals surface area contributed by atoms with Gasteiger partial charge in [-0.2, -0.15) is 0 Å². The van der Waals surface area contributed by atoms with Gasteiger partial charge < -0.3 is 14.8 Å². The van der Waals surface area contributed by atoms with Crippen molar-refractivity contribution in [2.75, 3.05) is 20.3 Å². The molecule has 0 atom stereocenters. The number of rotatable bonds is 8. The Hall–Kier alpha value is -3.46. The Morgan fingerprint density at radius 3 is 2.79 bits per heavy atom. The topological polar surface area (TPSA) is 111 Å². The van der Waals surface area contributed by atoms with Crippen LogP contribution >= 0.6 is 0 Å². The van der Waals surface area contributed by atoms with E-state index in [0.717, 1.165) is 0 Å². The third-order valence-electron chi connectivity index (χ3n) is 4.05. The van der Waals surface area contributed by atoms with Gasteiger partial charge in [0.2, 0.25) is 5.88 Å². The van der Waals surface area contributed by atoms with E-state index in [1.54, 1.807) is 30.5 Å². The molecule has 0 unspecified atom stereocenters. The minimum absolute atomic E-state index is 0.114. The molecule has 9 nitrogen and oxygen atoms in total. The number of aromatic amines is 1. The van der Waals surface area contributed by atoms with Gasteiger partial charge in [-0.1, -0.05) is 0 Å². The SMILES string of the molecule is COc1ncccc1-c1cc(=O)n(-c2ccc(C(=O)NCCOC(C)C)cn2)[nH]1. The van der Waals surface area contributed by atoms with Crippen LogP contribution in [-0.2, 0) is 4.74 Å². The van der Waals surface area contributed by atoms with Crippen LogP contribution in [0.15, 0.2) is 47.5 Å². The summed E-state index contributed by atoms with van der Waals surface area (Å²) in [4.78, 5) is 32.9. The van der Waals surface area contributed by atoms with E-state index in [-0.39, 0.29) is 17.6 Å². The summed E-state index contributed by atoms with van der Waals surface area (Å²) >= 11 is 0. The van der Waals surface area contributed by atoms with E-state index in [1.165, 1.54) is 24.1 Å². The maximum absolute atomic E-state index is 12.4. The van der Waals surface area contributed by atoms with Crippen LogP contribution in [0.4, 0.5) is 0 Å². The average Bonchev–Trinajstić information content (AvgIpc) is 3.12. The number of hydrogen-bond donors (Lipinski definition) is 2. The van der Waals surface area contributed by atoms with Gasteiger partial charge in [0, 0.05) is 25.0 Å². The standard InChI is InChI=1S/C20H23N5O4/c1-13(2)29-10-9-21-19(27)14-6-7-17(23-12-14)25-18(26)11-16(24-25)15-5-4-8-22-20(15)28-3/h4-8,11-13,24H,9-10H2,1-3H3,(H,21,27). The average molecular weight is 397 g/mol. The molecule has 0 saturated carbocycles. The number of ether oxygens (including phenoxy) is 2. The highest BCUT2D eigenvalue weighted by molar-refractivity contribution is 5.93. The summed E-state index contributed by atoms with van der Waals surface area (Å²) in [5.41, 5.74) is 1.31. The van der Waals surface area contributed by atoms with Crippen molar-refractivity contribution in [2.24, 2.45) is 0 Å². The Kier molecular flexibility index (Phi) is 6.40. The van der Waals surface area contributed by atoms with E-state index in [9.17, 15) is 9.59 Å². The van der Waals surface area contributed by atoms with E-state index in [2.05, 4.69) is 20.4 Å². The third kappa shape index (κ3) is 4.88. The Balaban J connectivity index is 1.74. The highest BCUT2D eigenvalue weighted by Crippen LogP contribution is 2.25. The first-order chi connectivity index (χ1) is 14.0. The van der Waals surface area contributed by atoms with Crippen molar-refractivity contribution in [2.45, 2.75) is 20.0 Å². The van der Waals surface area contributed by atoms with Gasteiger partial charge in [-0.05, 0) is 38.1 Å². The second kappa shape index (κ2) is 9.16. The number of H-pyrrole nitrogens is 1. The van der Waals surface area contributed by atoms with E-state index >= 15 is 0 Å². The van der Waals surface area contributed by atoms with Crippen molar-refractivity contribution < 1.29 is 14.3 Å². The molecule has 0 aromatic carbocycles. The molecule has 152 valence electrons. The van der Waals surface area contributed by atoms with Crippen LogP contribution in [0.25, 0.3) is 17.1 Å². The number of aromatic nitrogens is 4. The zero-order valence-electron chi connectivity index (χ0n) is 16.5. The lowest BCUT2D eigenvalue weighted by Crippen LogP contribution is -2.28. The van der Waals surface area contributed by atoms with Crippen molar-refractivity contribution in [3.63, 3.8) is 0 Å². The van der Waals surface area contributed by atoms with Gasteiger partial charge in [0.25, 0.3) is 11.5 Å². The van der Waals surface area contributed by atoms with E-state index in [1.807, 2.05) is 13.8 Å². The van der Waals surface area contributed by atoms with E-state index in [4.69, 9.17) is 9.47 Å². The van der Waals surface area contributed by atoms with Gasteiger partial charge in [0.05, 0.1) is 36.6 Å². The molecule has 3 aromatic rings. The van der Waals surface area contributed by atoms with Crippen LogP contribution in [-0.4, -0.2) is 52.0 Å². The molecule has 2 N–H and O–H groups in total. The number of nitrogens with one attached hydrogen (secondary N) is 2. The van der Waals surface area contributed by atoms with Gasteiger partial charge in [-0.15, -0.1) is 0 Å². The number of amides is 1. The van der Waals surface area contributed by atoms with Crippen LogP contribution in [0.2, 0.25) is 0 Å². The molecule has 0 bridgehead atoms. The molecule has 0 saturated heterocycles. The first kappa shape index (κ1) is 20.3. The molecule has 0 radical (unpaired) electrons. The lowest BCUT2D eigenvalue weighted by molar-refractivity contribution is 0.0746. The Labute approximate surface area is 167 Å². The van der Waals surface area contributed by atoms with E-state index in [0.29, 0.717) is 41.7 Å². The highest BCUT2D eigenvalue weighted by Gasteiger charge is 2.13. The Morgan fingerprint density at radius 2 is 2.10 bits per heavy atom. The molecule has 0 aliphatic rings. The monoisotopic (exact) mass is 397 g/mol. The van der Waals surface area contributed by atoms with Crippen LogP contribution in [0.1, 0.15) is 24.2 Å². The minimum atomic E-state index is -0.290. The molecule has 3 aromatic heterocycles. The van der Waals surface area contributed by atoms with Crippen LogP contribution < -0.4 is 15.6 Å². The molecule has 0 spiro atoms. The summed E-state index contributed by atoms with van der Waals surface area (Å²) < 4.78 is 11.9. The van der Waals surface area contributed by atoms with Crippen molar-refractivity contribution in [1.82, 2.24) is 25.1 Å². The smallest absolute Gasteiger partial charge is 0.273 e. The number of carbonyl (C=O) groups excluding carboxylic acids is 1. The molecule has 9 heteroatoms. The normalized spacial score (nSPS) is 10.9. The maximum Gasteiger partial charge on any atom is 0.273 e. The predicted molar refractivity (Wildman–Crippen MR) is 107 cm³/mol. The summed E-state index contributed by atoms with van der Waals surface area (Å²) in [6.07, 6.45) is 3.15. The minimum Gasteiger partial charge on any atom is -0.481 e. The quantitative estimate of drug-likeness (QED) is 0.561. The van der Waals surface area contributed by atoms with Gasteiger partial charge >= 0.3 is 0 Å². The lowest BCUT2D eigenvalue weighted by Gasteiger charge is -2.09. The maximum atomic E-state index is 12.4. The fourth-order valence-electron chi connectivity index (χ4n) is 2.68. The molecular formula is C20H23N5O4. The van der Waals surface area contributed by atoms with Crippen LogP contribution in [0.3, 0.4) is 0 Å². The number of pyridine rings is 2. The third-order valence-corrected chi connectivity index (χ3v) is 4.05. The predicted octanol–water partition coefficient (Wildman–Crippen LogP) is 1.79. The van der Waals surface area contributed by atoms with Gasteiger partial charge in [-0.25, -0.2) is 14.6 Å². The Bertz CT molecular complexity index is 1020. The highest BCUT2D eigenvalue weighted by atomic mass is 16.5. The molecule has 0 aliphatic carbocycles. The Morgan fingerprint density at radius 1 is 1.28 bits per heavy atom. The van der Waals surface area contributed by atoms with Crippen molar-refractivity contribution >= 4 is 5.91 Å². The molecule has 3 heterocycles. The van der Waals surface area contributed by atoms with Gasteiger partial charge in [0.1, 0.15) is 0 Å². The number of carbonyl (C=O) groups is 1. The molecular weight excluding hydrogens is 374 g/mol. The van der Waals surface area contributed by atoms with Crippen LogP contribution in [0, 0.1) is 0 Å². The second-order valence-corrected chi connectivity index (χ2v) is 6.48.